The van der Waals surface area contributed by atoms with Crippen molar-refractivity contribution < 1.29 is 0 Å². The fraction of sp³-hybridized carbons (Fsp3) is 0.400. The van der Waals surface area contributed by atoms with Gasteiger partial charge in [-0.15, -0.1) is 0 Å². The predicted molar refractivity (Wildman–Crippen MR) is 64.9 cm³/mol. The molecular formula is C10H19Si2-. The van der Waals surface area contributed by atoms with Gasteiger partial charge in [-0.3, -0.25) is 0 Å². The number of hydrogen-bond donors (Lipinski definition) is 0. The number of benzene rings is 1. The molecular weight excluding hydrogens is 176 g/mol. The van der Waals surface area contributed by atoms with E-state index >= 15 is 0 Å². The molecule has 0 aromatic heterocycles. The minimum absolute atomic E-state index is 0.561. The third-order valence-corrected chi connectivity index (χ3v) is 6.29. The van der Waals surface area contributed by atoms with E-state index in [0.29, 0.717) is 0 Å². The van der Waals surface area contributed by atoms with Gasteiger partial charge in [-0.05, 0) is 0 Å². The summed E-state index contributed by atoms with van der Waals surface area (Å²) in [6, 6.07) is 9.38. The molecule has 2 heteroatoms. The van der Waals surface area contributed by atoms with E-state index in [1.165, 1.54) is 0 Å². The van der Waals surface area contributed by atoms with Gasteiger partial charge in [0.1, 0.15) is 0 Å². The molecule has 0 N–H and O–H groups in total. The fourth-order valence-electron chi connectivity index (χ4n) is 1.37. The summed E-state index contributed by atoms with van der Waals surface area (Å²) in [5.41, 5.74) is 0. The van der Waals surface area contributed by atoms with Crippen molar-refractivity contribution in [3.05, 3.63) is 24.3 Å². The molecule has 0 fully saturated rings. The van der Waals surface area contributed by atoms with Crippen molar-refractivity contribution in [2.45, 2.75) is 26.2 Å². The Morgan fingerprint density at radius 3 is 1.83 bits per heavy atom. The fourth-order valence-corrected chi connectivity index (χ4v) is 3.51. The average molecular weight is 195 g/mol. The molecule has 68 valence electrons. The van der Waals surface area contributed by atoms with Crippen LogP contribution < -0.4 is 10.4 Å². The van der Waals surface area contributed by atoms with Crippen molar-refractivity contribution in [1.82, 2.24) is 0 Å². The summed E-state index contributed by atoms with van der Waals surface area (Å²) in [6.45, 7) is 9.59. The van der Waals surface area contributed by atoms with Gasteiger partial charge >= 0.3 is 78.4 Å². The van der Waals surface area contributed by atoms with Gasteiger partial charge < -0.3 is 0 Å². The van der Waals surface area contributed by atoms with Crippen LogP contribution in [-0.2, 0) is 0 Å². The zero-order chi connectivity index (χ0) is 9.14. The first-order valence-corrected chi connectivity index (χ1v) is 11.5. The first kappa shape index (κ1) is 9.74. The van der Waals surface area contributed by atoms with Crippen LogP contribution in [0.1, 0.15) is 0 Å². The second-order valence-electron chi connectivity index (χ2n) is 4.31. The monoisotopic (exact) mass is 195 g/mol. The summed E-state index contributed by atoms with van der Waals surface area (Å²) >= 11 is 0. The van der Waals surface area contributed by atoms with Gasteiger partial charge in [0.15, 0.2) is 0 Å². The zero-order valence-electron chi connectivity index (χ0n) is 8.59. The van der Waals surface area contributed by atoms with E-state index < -0.39 is 17.6 Å². The van der Waals surface area contributed by atoms with Crippen LogP contribution in [0.25, 0.3) is 0 Å². The summed E-state index contributed by atoms with van der Waals surface area (Å²) in [5.74, 6) is 0. The molecule has 0 aliphatic heterocycles. The van der Waals surface area contributed by atoms with Crippen molar-refractivity contribution in [1.29, 1.82) is 0 Å². The van der Waals surface area contributed by atoms with E-state index in [4.69, 9.17) is 0 Å². The first-order chi connectivity index (χ1) is 5.61. The van der Waals surface area contributed by atoms with Crippen LogP contribution in [-0.4, -0.2) is 17.6 Å². The molecule has 1 aromatic rings. The van der Waals surface area contributed by atoms with Crippen LogP contribution >= 0.6 is 0 Å². The van der Waals surface area contributed by atoms with Crippen molar-refractivity contribution >= 4 is 28.0 Å². The van der Waals surface area contributed by atoms with Crippen LogP contribution in [0.3, 0.4) is 0 Å². The Hall–Kier alpha value is -0.346. The van der Waals surface area contributed by atoms with Gasteiger partial charge in [-0.1, -0.05) is 0 Å². The molecule has 0 atom stereocenters. The summed E-state index contributed by atoms with van der Waals surface area (Å²) in [7, 11) is -1.45. The van der Waals surface area contributed by atoms with E-state index in [0.717, 1.165) is 0 Å². The maximum atomic E-state index is 2.41. The number of rotatable bonds is 2. The molecule has 0 saturated heterocycles. The third-order valence-electron chi connectivity index (χ3n) is 2.46. The first-order valence-electron chi connectivity index (χ1n) is 5.03. The van der Waals surface area contributed by atoms with Crippen LogP contribution in [0.15, 0.2) is 24.3 Å². The second kappa shape index (κ2) is 4.05. The topological polar surface area (TPSA) is 0 Å². The Labute approximate surface area is 78.8 Å². The second-order valence-corrected chi connectivity index (χ2v) is 10.9. The number of hydrogen-bond acceptors (Lipinski definition) is 0. The Bertz CT molecular complexity index is 210. The van der Waals surface area contributed by atoms with Crippen LogP contribution in [0.2, 0.25) is 26.2 Å². The van der Waals surface area contributed by atoms with Gasteiger partial charge in [0.05, 0.1) is 0 Å². The normalized spacial score (nSPS) is 11.9. The van der Waals surface area contributed by atoms with Crippen LogP contribution in [0.5, 0.6) is 0 Å². The van der Waals surface area contributed by atoms with Crippen LogP contribution in [0.4, 0.5) is 0 Å². The van der Waals surface area contributed by atoms with Crippen molar-refractivity contribution in [2.24, 2.45) is 0 Å². The Balaban J connectivity index is 2.86. The van der Waals surface area contributed by atoms with E-state index in [-0.39, 0.29) is 0 Å². The quantitative estimate of drug-likeness (QED) is 0.613. The summed E-state index contributed by atoms with van der Waals surface area (Å²) in [4.78, 5) is 0. The van der Waals surface area contributed by atoms with Gasteiger partial charge in [0, 0.05) is 0 Å². The minimum atomic E-state index is -0.892. The molecule has 0 aliphatic rings. The van der Waals surface area contributed by atoms with Crippen LogP contribution in [0, 0.1) is 0 Å². The molecule has 0 bridgehead atoms. The molecule has 0 amide bonds. The Kier molecular flexibility index (Phi) is 3.29. The Morgan fingerprint density at radius 2 is 1.50 bits per heavy atom. The van der Waals surface area contributed by atoms with E-state index in [9.17, 15) is 0 Å². The van der Waals surface area contributed by atoms with Gasteiger partial charge in [-0.2, -0.15) is 0 Å². The zero-order valence-corrected chi connectivity index (χ0v) is 11.2. The van der Waals surface area contributed by atoms with Gasteiger partial charge in [0.25, 0.3) is 0 Å². The molecule has 0 unspecified atom stereocenters. The molecule has 1 rings (SSSR count). The standard InChI is InChI=1S/C10H19Si2/c1-11(2)9-5-7-10(8-6-9)12(3)4/h5-8,11H,12H2,1-4H3/q-1. The third kappa shape index (κ3) is 2.32. The molecule has 0 nitrogen and oxygen atoms in total. The molecule has 0 radical (unpaired) electrons. The summed E-state index contributed by atoms with van der Waals surface area (Å²) in [5, 5.41) is 3.23. The summed E-state index contributed by atoms with van der Waals surface area (Å²) < 4.78 is 0. The molecule has 12 heavy (non-hydrogen) atoms. The molecule has 0 aliphatic carbocycles. The SMILES string of the molecule is C[SiH](C)c1ccc([SiH2-](C)C)cc1. The van der Waals surface area contributed by atoms with Crippen molar-refractivity contribution in [2.75, 3.05) is 0 Å². The maximum absolute atomic E-state index is 2.41. The van der Waals surface area contributed by atoms with E-state index in [2.05, 4.69) is 50.5 Å². The molecule has 0 spiro atoms. The summed E-state index contributed by atoms with van der Waals surface area (Å²) in [6.07, 6.45) is 0. The average Bonchev–Trinajstić information content (AvgIpc) is 2.04. The van der Waals surface area contributed by atoms with Crippen molar-refractivity contribution in [3.63, 3.8) is 0 Å². The Morgan fingerprint density at radius 1 is 1.00 bits per heavy atom. The molecule has 0 heterocycles. The molecule has 0 saturated carbocycles. The van der Waals surface area contributed by atoms with Gasteiger partial charge in [-0.25, -0.2) is 0 Å². The van der Waals surface area contributed by atoms with Gasteiger partial charge in [0.2, 0.25) is 0 Å². The van der Waals surface area contributed by atoms with E-state index in [1.54, 1.807) is 10.4 Å². The molecule has 1 aromatic carbocycles. The van der Waals surface area contributed by atoms with E-state index in [1.807, 2.05) is 0 Å². The van der Waals surface area contributed by atoms with Crippen molar-refractivity contribution in [3.8, 4) is 0 Å². The predicted octanol–water partition coefficient (Wildman–Crippen LogP) is 0.806.